The fraction of sp³-hybridized carbons (Fsp3) is 0. The number of carbonyl (C=O) groups excluding carboxylic acids is 1. The Bertz CT molecular complexity index is 789. The molecule has 4 heteroatoms. The highest BCUT2D eigenvalue weighted by molar-refractivity contribution is 6.02. The maximum Gasteiger partial charge on any atom is 0.182 e. The van der Waals surface area contributed by atoms with Crippen molar-refractivity contribution in [3.8, 4) is 0 Å². The molecule has 1 N–H and O–H groups in total. The zero-order valence-corrected chi connectivity index (χ0v) is 12.1. The van der Waals surface area contributed by atoms with Crippen LogP contribution in [0, 0.1) is 11.6 Å². The highest BCUT2D eigenvalue weighted by Gasteiger charge is 1.96. The fourth-order valence-corrected chi connectivity index (χ4v) is 1.82. The van der Waals surface area contributed by atoms with Crippen LogP contribution in [0.1, 0.15) is 11.1 Å². The quantitative estimate of drug-likeness (QED) is 0.493. The van der Waals surface area contributed by atoms with Crippen LogP contribution in [0.15, 0.2) is 72.5 Å². The fourth-order valence-electron chi connectivity index (χ4n) is 1.82. The number of hydrogen-bond donors (Lipinski definition) is 1. The van der Waals surface area contributed by atoms with Crippen LogP contribution in [-0.4, -0.2) is 10.9 Å². The summed E-state index contributed by atoms with van der Waals surface area (Å²) in [6.07, 6.45) is 6.47. The van der Waals surface area contributed by atoms with E-state index in [4.69, 9.17) is 0 Å². The average molecular weight is 312 g/mol. The molecule has 0 radical (unpaired) electrons. The number of rotatable bonds is 5. The van der Waals surface area contributed by atoms with Crippen LogP contribution >= 0.6 is 0 Å². The lowest BCUT2D eigenvalue weighted by molar-refractivity contribution is -0.110. The van der Waals surface area contributed by atoms with Crippen molar-refractivity contribution < 1.29 is 18.7 Å². The number of aliphatic hydroxyl groups excluding tert-OH is 1. The summed E-state index contributed by atoms with van der Waals surface area (Å²) in [5.74, 6) is -1.49. The third-order valence-corrected chi connectivity index (χ3v) is 2.87. The van der Waals surface area contributed by atoms with Gasteiger partial charge in [0.2, 0.25) is 0 Å². The Morgan fingerprint density at radius 2 is 1.39 bits per heavy atom. The second kappa shape index (κ2) is 7.84. The monoisotopic (exact) mass is 312 g/mol. The van der Waals surface area contributed by atoms with Gasteiger partial charge in [-0.25, -0.2) is 8.78 Å². The van der Waals surface area contributed by atoms with Crippen LogP contribution in [-0.2, 0) is 4.79 Å². The lowest BCUT2D eigenvalue weighted by Crippen LogP contribution is -1.88. The number of benzene rings is 2. The Labute approximate surface area is 132 Å². The smallest absolute Gasteiger partial charge is 0.182 e. The van der Waals surface area contributed by atoms with E-state index in [1.54, 1.807) is 18.2 Å². The highest BCUT2D eigenvalue weighted by atomic mass is 19.1. The molecular formula is C19H14F2O2. The van der Waals surface area contributed by atoms with E-state index >= 15 is 0 Å². The molecule has 0 atom stereocenters. The molecule has 0 saturated heterocycles. The molecule has 0 unspecified atom stereocenters. The molecule has 2 nitrogen and oxygen atoms in total. The molecule has 0 fully saturated rings. The molecule has 0 heterocycles. The van der Waals surface area contributed by atoms with E-state index < -0.39 is 11.6 Å². The number of allylic oxidation sites excluding steroid dienone is 3. The number of aliphatic hydroxyl groups is 1. The Hall–Kier alpha value is -3.01. The van der Waals surface area contributed by atoms with E-state index in [0.717, 1.165) is 6.08 Å². The molecule has 2 rings (SSSR count). The minimum Gasteiger partial charge on any atom is -0.508 e. The number of ketones is 1. The first-order valence-corrected chi connectivity index (χ1v) is 6.85. The Kier molecular flexibility index (Phi) is 5.58. The van der Waals surface area contributed by atoms with Gasteiger partial charge in [-0.15, -0.1) is 0 Å². The Balaban J connectivity index is 2.01. The largest absolute Gasteiger partial charge is 0.508 e. The van der Waals surface area contributed by atoms with E-state index in [1.807, 2.05) is 0 Å². The van der Waals surface area contributed by atoms with Gasteiger partial charge in [-0.2, -0.15) is 0 Å². The summed E-state index contributed by atoms with van der Waals surface area (Å²) >= 11 is 0. The molecule has 2 aromatic carbocycles. The minimum atomic E-state index is -0.448. The molecule has 0 saturated carbocycles. The van der Waals surface area contributed by atoms with Gasteiger partial charge in [0.05, 0.1) is 0 Å². The molecule has 0 aliphatic heterocycles. The zero-order valence-electron chi connectivity index (χ0n) is 12.1. The third kappa shape index (κ3) is 5.71. The van der Waals surface area contributed by atoms with Gasteiger partial charge in [0.1, 0.15) is 17.4 Å². The van der Waals surface area contributed by atoms with Crippen molar-refractivity contribution in [2.24, 2.45) is 0 Å². The van der Waals surface area contributed by atoms with E-state index in [9.17, 15) is 18.7 Å². The van der Waals surface area contributed by atoms with Gasteiger partial charge in [-0.1, -0.05) is 36.4 Å². The Morgan fingerprint density at radius 3 is 1.91 bits per heavy atom. The highest BCUT2D eigenvalue weighted by Crippen LogP contribution is 2.08. The number of carbonyl (C=O) groups is 1. The van der Waals surface area contributed by atoms with Crippen molar-refractivity contribution in [3.05, 3.63) is 95.3 Å². The van der Waals surface area contributed by atoms with Crippen LogP contribution in [0.2, 0.25) is 0 Å². The molecule has 2 aromatic rings. The zero-order chi connectivity index (χ0) is 16.7. The predicted octanol–water partition coefficient (Wildman–Crippen LogP) is 4.70. The summed E-state index contributed by atoms with van der Waals surface area (Å²) in [5.41, 5.74) is 1.11. The predicted molar refractivity (Wildman–Crippen MR) is 86.6 cm³/mol. The van der Waals surface area contributed by atoms with Crippen LogP contribution in [0.3, 0.4) is 0 Å². The molecule has 116 valence electrons. The van der Waals surface area contributed by atoms with Crippen LogP contribution < -0.4 is 0 Å². The van der Waals surface area contributed by atoms with Crippen molar-refractivity contribution in [3.63, 3.8) is 0 Å². The summed E-state index contributed by atoms with van der Waals surface area (Å²) in [5, 5.41) is 9.66. The topological polar surface area (TPSA) is 37.3 Å². The second-order valence-electron chi connectivity index (χ2n) is 4.75. The summed E-state index contributed by atoms with van der Waals surface area (Å²) < 4.78 is 26.0. The first-order valence-electron chi connectivity index (χ1n) is 6.85. The van der Waals surface area contributed by atoms with Crippen molar-refractivity contribution >= 4 is 17.9 Å². The van der Waals surface area contributed by atoms with Gasteiger partial charge in [0.25, 0.3) is 0 Å². The maximum absolute atomic E-state index is 13.0. The van der Waals surface area contributed by atoms with Gasteiger partial charge >= 0.3 is 0 Å². The normalized spacial score (nSPS) is 12.2. The SMILES string of the molecule is O=C(/C=C/c1cccc(F)c1)/C=C(O)\C=C\c1cccc(F)c1. The molecule has 0 aromatic heterocycles. The van der Waals surface area contributed by atoms with Crippen molar-refractivity contribution in [2.45, 2.75) is 0 Å². The van der Waals surface area contributed by atoms with Crippen LogP contribution in [0.5, 0.6) is 0 Å². The van der Waals surface area contributed by atoms with E-state index in [0.29, 0.717) is 11.1 Å². The molecule has 0 amide bonds. The van der Waals surface area contributed by atoms with Crippen LogP contribution in [0.25, 0.3) is 12.2 Å². The van der Waals surface area contributed by atoms with Gasteiger partial charge in [-0.05, 0) is 47.5 Å². The summed E-state index contributed by atoms with van der Waals surface area (Å²) in [7, 11) is 0. The lowest BCUT2D eigenvalue weighted by Gasteiger charge is -1.94. The average Bonchev–Trinajstić information content (AvgIpc) is 2.51. The maximum atomic E-state index is 13.0. The molecule has 23 heavy (non-hydrogen) atoms. The molecular weight excluding hydrogens is 298 g/mol. The lowest BCUT2D eigenvalue weighted by atomic mass is 10.1. The summed E-state index contributed by atoms with van der Waals surface area (Å²) in [6.45, 7) is 0. The van der Waals surface area contributed by atoms with Gasteiger partial charge in [0.15, 0.2) is 5.78 Å². The number of hydrogen-bond acceptors (Lipinski definition) is 2. The van der Waals surface area contributed by atoms with Gasteiger partial charge < -0.3 is 5.11 Å². The summed E-state index contributed by atoms with van der Waals surface area (Å²) in [6, 6.07) is 11.6. The second-order valence-corrected chi connectivity index (χ2v) is 4.75. The van der Waals surface area contributed by atoms with Gasteiger partial charge in [0, 0.05) is 6.08 Å². The summed E-state index contributed by atoms with van der Waals surface area (Å²) in [4.78, 5) is 11.7. The standard InChI is InChI=1S/C19H14F2O2/c20-16-5-1-3-14(11-16)7-9-18(22)13-19(23)10-8-15-4-2-6-17(21)12-15/h1-13,22H/b9-7+,10-8+,18-13+. The molecule has 0 bridgehead atoms. The van der Waals surface area contributed by atoms with Crippen molar-refractivity contribution in [1.29, 1.82) is 0 Å². The van der Waals surface area contributed by atoms with Crippen molar-refractivity contribution in [1.82, 2.24) is 0 Å². The van der Waals surface area contributed by atoms with E-state index in [-0.39, 0.29) is 11.6 Å². The van der Waals surface area contributed by atoms with E-state index in [1.165, 1.54) is 54.6 Å². The first kappa shape index (κ1) is 16.4. The van der Waals surface area contributed by atoms with Gasteiger partial charge in [-0.3, -0.25) is 4.79 Å². The Morgan fingerprint density at radius 1 is 0.870 bits per heavy atom. The van der Waals surface area contributed by atoms with E-state index in [2.05, 4.69) is 0 Å². The molecule has 0 aliphatic rings. The first-order chi connectivity index (χ1) is 11.0. The minimum absolute atomic E-state index is 0.261. The van der Waals surface area contributed by atoms with Crippen molar-refractivity contribution in [2.75, 3.05) is 0 Å². The molecule has 0 aliphatic carbocycles. The number of halogens is 2. The third-order valence-electron chi connectivity index (χ3n) is 2.87. The van der Waals surface area contributed by atoms with Crippen LogP contribution in [0.4, 0.5) is 8.78 Å². The molecule has 0 spiro atoms.